The first-order valence-corrected chi connectivity index (χ1v) is 8.74. The minimum Gasteiger partial charge on any atom is -0.504 e. The molecule has 2 rings (SSSR count). The molecule has 4 heteroatoms. The Labute approximate surface area is 156 Å². The van der Waals surface area contributed by atoms with Gasteiger partial charge in [-0.2, -0.15) is 0 Å². The van der Waals surface area contributed by atoms with E-state index in [1.807, 2.05) is 18.2 Å². The molecule has 0 atom stereocenters. The van der Waals surface area contributed by atoms with Gasteiger partial charge < -0.3 is 19.7 Å². The first-order chi connectivity index (χ1) is 11.9. The summed E-state index contributed by atoms with van der Waals surface area (Å²) in [6.07, 6.45) is 0. The Bertz CT molecular complexity index is 808. The van der Waals surface area contributed by atoms with E-state index in [9.17, 15) is 10.2 Å². The van der Waals surface area contributed by atoms with Crippen LogP contribution < -0.4 is 9.47 Å². The van der Waals surface area contributed by atoms with Crippen LogP contribution in [0.1, 0.15) is 52.7 Å². The maximum Gasteiger partial charge on any atom is 0.201 e. The van der Waals surface area contributed by atoms with Gasteiger partial charge in [-0.1, -0.05) is 47.6 Å². The Morgan fingerprint density at radius 1 is 0.731 bits per heavy atom. The number of aromatic hydroxyl groups is 2. The smallest absolute Gasteiger partial charge is 0.201 e. The molecule has 26 heavy (non-hydrogen) atoms. The quantitative estimate of drug-likeness (QED) is 0.724. The van der Waals surface area contributed by atoms with Gasteiger partial charge in [-0.25, -0.2) is 0 Å². The molecule has 0 unspecified atom stereocenters. The van der Waals surface area contributed by atoms with Crippen LogP contribution in [-0.2, 0) is 10.8 Å². The number of hydrogen-bond acceptors (Lipinski definition) is 4. The van der Waals surface area contributed by atoms with Crippen LogP contribution in [0.25, 0.3) is 11.1 Å². The van der Waals surface area contributed by atoms with Gasteiger partial charge in [0.25, 0.3) is 0 Å². The van der Waals surface area contributed by atoms with Crippen molar-refractivity contribution in [3.8, 4) is 34.1 Å². The van der Waals surface area contributed by atoms with Crippen molar-refractivity contribution in [3.05, 3.63) is 35.4 Å². The number of ether oxygens (including phenoxy) is 2. The maximum absolute atomic E-state index is 10.9. The highest BCUT2D eigenvalue weighted by atomic mass is 16.5. The molecule has 0 heterocycles. The molecule has 142 valence electrons. The van der Waals surface area contributed by atoms with Crippen molar-refractivity contribution in [3.63, 3.8) is 0 Å². The number of benzene rings is 2. The molecule has 0 amide bonds. The van der Waals surface area contributed by atoms with E-state index in [4.69, 9.17) is 9.47 Å². The molecule has 0 aliphatic heterocycles. The molecular weight excluding hydrogens is 328 g/mol. The van der Waals surface area contributed by atoms with Crippen molar-refractivity contribution in [2.45, 2.75) is 52.4 Å². The summed E-state index contributed by atoms with van der Waals surface area (Å²) in [6, 6.07) is 7.61. The van der Waals surface area contributed by atoms with Gasteiger partial charge in [0.15, 0.2) is 11.5 Å². The molecule has 0 spiro atoms. The summed E-state index contributed by atoms with van der Waals surface area (Å²) in [6.45, 7) is 12.6. The summed E-state index contributed by atoms with van der Waals surface area (Å²) in [4.78, 5) is 0. The largest absolute Gasteiger partial charge is 0.504 e. The molecule has 2 N–H and O–H groups in total. The van der Waals surface area contributed by atoms with E-state index < -0.39 is 0 Å². The highest BCUT2D eigenvalue weighted by Crippen LogP contribution is 2.50. The molecule has 0 radical (unpaired) electrons. The Balaban J connectivity index is 2.95. The lowest BCUT2D eigenvalue weighted by molar-refractivity contribution is 0.349. The molecule has 0 aromatic heterocycles. The lowest BCUT2D eigenvalue weighted by Crippen LogP contribution is -2.17. The van der Waals surface area contributed by atoms with Gasteiger partial charge in [0.05, 0.1) is 14.2 Å². The molecular formula is C22H30O4. The molecule has 2 aromatic rings. The fourth-order valence-electron chi connectivity index (χ4n) is 3.14. The van der Waals surface area contributed by atoms with Gasteiger partial charge >= 0.3 is 0 Å². The van der Waals surface area contributed by atoms with Crippen LogP contribution in [0, 0.1) is 0 Å². The zero-order chi connectivity index (χ0) is 19.9. The lowest BCUT2D eigenvalue weighted by Gasteiger charge is -2.29. The van der Waals surface area contributed by atoms with Gasteiger partial charge in [-0.3, -0.25) is 0 Å². The van der Waals surface area contributed by atoms with Gasteiger partial charge in [0.1, 0.15) is 5.75 Å². The second-order valence-electron chi connectivity index (χ2n) is 8.61. The summed E-state index contributed by atoms with van der Waals surface area (Å²) in [5.41, 5.74) is 2.99. The second kappa shape index (κ2) is 6.75. The third-order valence-electron chi connectivity index (χ3n) is 4.57. The normalized spacial score (nSPS) is 12.2. The molecule has 0 aliphatic carbocycles. The fourth-order valence-corrected chi connectivity index (χ4v) is 3.14. The van der Waals surface area contributed by atoms with Crippen LogP contribution in [0.4, 0.5) is 0 Å². The van der Waals surface area contributed by atoms with Crippen molar-refractivity contribution < 1.29 is 19.7 Å². The van der Waals surface area contributed by atoms with Crippen LogP contribution in [0.5, 0.6) is 23.0 Å². The summed E-state index contributed by atoms with van der Waals surface area (Å²) in [5.74, 6) is 0.617. The fraction of sp³-hybridized carbons (Fsp3) is 0.455. The third-order valence-corrected chi connectivity index (χ3v) is 4.57. The standard InChI is InChI=1S/C22H30O4/c1-21(2,3)15-11-13(25-7)9-10-14(15)18-16(22(4,5)6)12-17(26-8)19(23)20(18)24/h9-12,23-24H,1-8H3. The van der Waals surface area contributed by atoms with E-state index in [0.29, 0.717) is 5.56 Å². The van der Waals surface area contributed by atoms with Crippen molar-refractivity contribution in [1.82, 2.24) is 0 Å². The number of hydrogen-bond donors (Lipinski definition) is 2. The Kier molecular flexibility index (Phi) is 5.18. The first kappa shape index (κ1) is 20.0. The van der Waals surface area contributed by atoms with Crippen molar-refractivity contribution in [2.75, 3.05) is 14.2 Å². The third kappa shape index (κ3) is 3.59. The zero-order valence-electron chi connectivity index (χ0n) is 17.0. The highest BCUT2D eigenvalue weighted by Gasteiger charge is 2.29. The molecule has 0 bridgehead atoms. The van der Waals surface area contributed by atoms with E-state index in [0.717, 1.165) is 22.4 Å². The van der Waals surface area contributed by atoms with Gasteiger partial charge in [-0.05, 0) is 45.7 Å². The summed E-state index contributed by atoms with van der Waals surface area (Å²) < 4.78 is 10.7. The molecule has 0 aliphatic rings. The molecule has 0 saturated heterocycles. The van der Waals surface area contributed by atoms with E-state index in [1.165, 1.54) is 7.11 Å². The van der Waals surface area contributed by atoms with Crippen LogP contribution in [0.15, 0.2) is 24.3 Å². The van der Waals surface area contributed by atoms with E-state index in [-0.39, 0.29) is 28.1 Å². The average molecular weight is 358 g/mol. The SMILES string of the molecule is COc1ccc(-c2c(C(C)(C)C)cc(OC)c(O)c2O)c(C(C)(C)C)c1. The maximum atomic E-state index is 10.9. The monoisotopic (exact) mass is 358 g/mol. The summed E-state index contributed by atoms with van der Waals surface area (Å²) in [7, 11) is 3.12. The highest BCUT2D eigenvalue weighted by molar-refractivity contribution is 5.83. The van der Waals surface area contributed by atoms with E-state index in [2.05, 4.69) is 41.5 Å². The van der Waals surface area contributed by atoms with E-state index >= 15 is 0 Å². The predicted octanol–water partition coefficient (Wildman–Crippen LogP) is 5.38. The lowest BCUT2D eigenvalue weighted by atomic mass is 9.76. The number of phenolic OH excluding ortho intramolecular Hbond substituents is 2. The molecule has 0 saturated carbocycles. The minimum atomic E-state index is -0.261. The Morgan fingerprint density at radius 2 is 1.31 bits per heavy atom. The van der Waals surface area contributed by atoms with Crippen molar-refractivity contribution in [1.29, 1.82) is 0 Å². The number of phenols is 2. The van der Waals surface area contributed by atoms with Crippen LogP contribution in [-0.4, -0.2) is 24.4 Å². The first-order valence-electron chi connectivity index (χ1n) is 8.74. The average Bonchev–Trinajstić information content (AvgIpc) is 2.54. The van der Waals surface area contributed by atoms with Crippen LogP contribution in [0.3, 0.4) is 0 Å². The minimum absolute atomic E-state index is 0.162. The number of methoxy groups -OCH3 is 2. The van der Waals surface area contributed by atoms with Crippen molar-refractivity contribution in [2.24, 2.45) is 0 Å². The second-order valence-corrected chi connectivity index (χ2v) is 8.61. The Hall–Kier alpha value is -2.36. The van der Waals surface area contributed by atoms with Gasteiger partial charge in [0, 0.05) is 5.56 Å². The topological polar surface area (TPSA) is 58.9 Å². The summed E-state index contributed by atoms with van der Waals surface area (Å²) in [5, 5.41) is 21.3. The van der Waals surface area contributed by atoms with Gasteiger partial charge in [0.2, 0.25) is 5.75 Å². The van der Waals surface area contributed by atoms with Crippen LogP contribution in [0.2, 0.25) is 0 Å². The van der Waals surface area contributed by atoms with E-state index in [1.54, 1.807) is 13.2 Å². The molecule has 2 aromatic carbocycles. The zero-order valence-corrected chi connectivity index (χ0v) is 17.0. The summed E-state index contributed by atoms with van der Waals surface area (Å²) >= 11 is 0. The van der Waals surface area contributed by atoms with Gasteiger partial charge in [-0.15, -0.1) is 0 Å². The van der Waals surface area contributed by atoms with Crippen LogP contribution >= 0.6 is 0 Å². The molecule has 0 fully saturated rings. The predicted molar refractivity (Wildman–Crippen MR) is 106 cm³/mol. The number of rotatable bonds is 3. The molecule has 4 nitrogen and oxygen atoms in total. The Morgan fingerprint density at radius 3 is 1.77 bits per heavy atom. The van der Waals surface area contributed by atoms with Crippen molar-refractivity contribution >= 4 is 0 Å².